The number of hydrogen-bond acceptors (Lipinski definition) is 13. The number of esters is 3. The van der Waals surface area contributed by atoms with E-state index in [4.69, 9.17) is 28.8 Å². The number of phenols is 3. The van der Waals surface area contributed by atoms with E-state index in [9.17, 15) is 24.6 Å². The minimum atomic E-state index is -1.29. The van der Waals surface area contributed by atoms with Gasteiger partial charge >= 0.3 is 193 Å². The van der Waals surface area contributed by atoms with Crippen molar-refractivity contribution in [2.24, 2.45) is 0 Å². The van der Waals surface area contributed by atoms with Gasteiger partial charge in [-0.3, -0.25) is 0 Å². The summed E-state index contributed by atoms with van der Waals surface area (Å²) in [5.74, 6) is -0.418. The molecule has 0 aromatic heterocycles. The molecule has 4 aromatic rings. The molecule has 0 fully saturated rings. The van der Waals surface area contributed by atoms with Crippen molar-refractivity contribution in [3.8, 4) is 34.5 Å². The molecule has 13 nitrogen and oxygen atoms in total. The van der Waals surface area contributed by atoms with Gasteiger partial charge in [-0.1, -0.05) is 0 Å². The molecule has 0 saturated heterocycles. The van der Waals surface area contributed by atoms with Gasteiger partial charge in [0.2, 0.25) is 0 Å². The first-order valence-electron chi connectivity index (χ1n) is 17.2. The van der Waals surface area contributed by atoms with Crippen molar-refractivity contribution >= 4 is 45.4 Å². The average Bonchev–Trinajstić information content (AvgIpc) is 3.15. The summed E-state index contributed by atoms with van der Waals surface area (Å²) >= 11 is 0.166. The number of carbonyl (C=O) groups is 3. The third-order valence-corrected chi connectivity index (χ3v) is 11.7. The molecule has 304 valence electrons. The van der Waals surface area contributed by atoms with Gasteiger partial charge in [-0.15, -0.1) is 0 Å². The van der Waals surface area contributed by atoms with Crippen molar-refractivity contribution in [1.82, 2.24) is 0 Å². The van der Waals surface area contributed by atoms with Crippen LogP contribution >= 0.6 is 0 Å². The number of phenolic OH excluding ortho intramolecular Hbond substituents is 3. The molecule has 3 N–H and O–H groups in total. The number of methoxy groups -OCH3 is 5. The Kier molecular flexibility index (Phi) is 19.3. The first-order valence-corrected chi connectivity index (χ1v) is 23.0. The van der Waals surface area contributed by atoms with E-state index in [1.54, 1.807) is 40.2 Å². The Morgan fingerprint density at radius 1 is 0.679 bits per heavy atom. The van der Waals surface area contributed by atoms with Crippen molar-refractivity contribution < 1.29 is 62.9 Å². The third kappa shape index (κ3) is 14.8. The van der Waals surface area contributed by atoms with Crippen LogP contribution < -0.4 is 18.7 Å². The zero-order chi connectivity index (χ0) is 42.0. The van der Waals surface area contributed by atoms with Gasteiger partial charge < -0.3 is 29.5 Å². The fourth-order valence-electron chi connectivity index (χ4n) is 4.88. The molecule has 0 amide bonds. The van der Waals surface area contributed by atoms with E-state index in [0.717, 1.165) is 23.0 Å². The number of rotatable bonds is 14. The second-order valence-electron chi connectivity index (χ2n) is 13.2. The van der Waals surface area contributed by atoms with E-state index in [-0.39, 0.29) is 56.1 Å². The number of aryl methyl sites for hydroxylation is 2. The van der Waals surface area contributed by atoms with E-state index in [1.807, 2.05) is 24.3 Å². The summed E-state index contributed by atoms with van der Waals surface area (Å²) in [5.41, 5.74) is 2.69. The number of benzene rings is 4. The Hall–Kier alpha value is -5.21. The van der Waals surface area contributed by atoms with Gasteiger partial charge in [0.05, 0.1) is 21.3 Å². The van der Waals surface area contributed by atoms with Crippen LogP contribution in [-0.4, -0.2) is 105 Å². The molecule has 0 heterocycles. The van der Waals surface area contributed by atoms with E-state index < -0.39 is 20.0 Å². The quantitative estimate of drug-likeness (QED) is 0.0551. The summed E-state index contributed by atoms with van der Waals surface area (Å²) in [4.78, 5) is 35.3. The normalized spacial score (nSPS) is 10.5. The van der Waals surface area contributed by atoms with E-state index in [1.165, 1.54) is 37.9 Å². The van der Waals surface area contributed by atoms with Crippen molar-refractivity contribution in [3.63, 3.8) is 0 Å². The van der Waals surface area contributed by atoms with Crippen LogP contribution in [0.1, 0.15) is 47.8 Å². The molecule has 4 aromatic carbocycles. The Bertz CT molecular complexity index is 1860. The number of carbonyl (C=O) groups excluding carboxylic acids is 3. The molecule has 0 spiro atoms. The minimum absolute atomic E-state index is 0.0472. The molecule has 0 aliphatic carbocycles. The van der Waals surface area contributed by atoms with Crippen LogP contribution in [0.3, 0.4) is 0 Å². The Morgan fingerprint density at radius 3 is 1.73 bits per heavy atom. The van der Waals surface area contributed by atoms with Gasteiger partial charge in [-0.25, -0.2) is 9.59 Å². The van der Waals surface area contributed by atoms with Crippen LogP contribution in [-0.2, 0) is 24.3 Å². The standard InChI is InChI=1S/C22H30O5SeSi.C10H12O4.C9H10O4/c1-24-16-27-20-14-18(25-2)13-17(15-28-19-9-7-6-8-10-19)21(20)22(23)26-11-12-29(3,4)5;1-6-4-7(13-2)5-8(11)9(6)10(12)14-3;1-5-3-6(10)4-7(11)8(5)9(12)13-2/h6-10,13-14H,11-12,15-16H2,1-5H3;4-5,11H,1-3H3;3-4,10-11H,1-2H3. The third-order valence-electron chi connectivity index (χ3n) is 7.75. The second-order valence-corrected chi connectivity index (χ2v) is 21.1. The average molecular weight is 860 g/mol. The topological polar surface area (TPSA) is 177 Å². The molecular weight excluding hydrogens is 807 g/mol. The zero-order valence-electron chi connectivity index (χ0n) is 33.5. The first-order chi connectivity index (χ1) is 26.5. The van der Waals surface area contributed by atoms with Crippen LogP contribution in [0, 0.1) is 13.8 Å². The summed E-state index contributed by atoms with van der Waals surface area (Å²) in [6, 6.07) is 20.3. The van der Waals surface area contributed by atoms with Crippen LogP contribution in [0.5, 0.6) is 34.5 Å². The molecule has 0 unspecified atom stereocenters. The van der Waals surface area contributed by atoms with Gasteiger partial charge in [0, 0.05) is 12.1 Å². The predicted octanol–water partition coefficient (Wildman–Crippen LogP) is 6.39. The Labute approximate surface area is 335 Å². The first kappa shape index (κ1) is 46.9. The Balaban J connectivity index is 0.000000332. The molecule has 0 aliphatic heterocycles. The van der Waals surface area contributed by atoms with Crippen LogP contribution in [0.15, 0.2) is 66.7 Å². The predicted molar refractivity (Wildman–Crippen MR) is 216 cm³/mol. The van der Waals surface area contributed by atoms with Crippen LogP contribution in [0.25, 0.3) is 0 Å². The fraction of sp³-hybridized carbons (Fsp3) is 0.341. The molecule has 0 aliphatic rings. The van der Waals surface area contributed by atoms with Gasteiger partial charge in [-0.05, 0) is 37.1 Å². The molecule has 0 bridgehead atoms. The summed E-state index contributed by atoms with van der Waals surface area (Å²) in [7, 11) is 5.85. The van der Waals surface area contributed by atoms with Crippen molar-refractivity contribution in [2.45, 2.75) is 44.9 Å². The second kappa shape index (κ2) is 23.0. The molecular formula is C41H52O13SeSi. The van der Waals surface area contributed by atoms with Gasteiger partial charge in [0.1, 0.15) is 34.1 Å². The molecule has 0 atom stereocenters. The SMILES string of the molecule is COC(=O)c1c(C)cc(O)cc1O.COC(=O)c1c(C)cc(OC)cc1O.COCOc1cc(OC)cc(C[Se]c2ccccc2)c1C(=O)OCC[Si](C)(C)C. The van der Waals surface area contributed by atoms with Crippen molar-refractivity contribution in [1.29, 1.82) is 0 Å². The molecule has 0 radical (unpaired) electrons. The monoisotopic (exact) mass is 860 g/mol. The molecule has 56 heavy (non-hydrogen) atoms. The number of hydrogen-bond donors (Lipinski definition) is 3. The zero-order valence-corrected chi connectivity index (χ0v) is 36.2. The maximum atomic E-state index is 13.0. The molecule has 4 rings (SSSR count). The Morgan fingerprint density at radius 2 is 1.23 bits per heavy atom. The van der Waals surface area contributed by atoms with Gasteiger partial charge in [-0.2, -0.15) is 0 Å². The van der Waals surface area contributed by atoms with Crippen molar-refractivity contribution in [2.75, 3.05) is 48.9 Å². The van der Waals surface area contributed by atoms with Gasteiger partial charge in [0.25, 0.3) is 0 Å². The fourth-order valence-corrected chi connectivity index (χ4v) is 7.49. The van der Waals surface area contributed by atoms with Crippen LogP contribution in [0.2, 0.25) is 25.7 Å². The molecule has 15 heteroatoms. The molecule has 0 saturated carbocycles. The van der Waals surface area contributed by atoms with Crippen molar-refractivity contribution in [3.05, 3.63) is 100 Å². The van der Waals surface area contributed by atoms with E-state index in [0.29, 0.717) is 40.5 Å². The van der Waals surface area contributed by atoms with Gasteiger partial charge in [0.15, 0.2) is 0 Å². The summed E-state index contributed by atoms with van der Waals surface area (Å²) in [6.45, 7) is 10.6. The summed E-state index contributed by atoms with van der Waals surface area (Å²) in [6.07, 6.45) is 0. The van der Waals surface area contributed by atoms with E-state index >= 15 is 0 Å². The summed E-state index contributed by atoms with van der Waals surface area (Å²) in [5, 5.41) is 28.6. The number of ether oxygens (including phenoxy) is 7. The van der Waals surface area contributed by atoms with E-state index in [2.05, 4.69) is 41.2 Å². The van der Waals surface area contributed by atoms with Crippen LogP contribution in [0.4, 0.5) is 0 Å². The summed E-state index contributed by atoms with van der Waals surface area (Å²) < 4.78 is 37.0. The maximum absolute atomic E-state index is 13.0. The number of aromatic hydroxyl groups is 3.